The van der Waals surface area contributed by atoms with E-state index in [0.717, 1.165) is 25.2 Å². The van der Waals surface area contributed by atoms with Crippen molar-refractivity contribution in [2.75, 3.05) is 18.6 Å². The van der Waals surface area contributed by atoms with Gasteiger partial charge < -0.3 is 7.43 Å². The van der Waals surface area contributed by atoms with E-state index in [1.165, 1.54) is 49.0 Å². The fraction of sp³-hybridized carbons (Fsp3) is 0.484. The molecule has 2 N–H and O–H groups in total. The molecule has 0 amide bonds. The van der Waals surface area contributed by atoms with Crippen LogP contribution in [0, 0.1) is 13.8 Å². The molecule has 0 aliphatic heterocycles. The van der Waals surface area contributed by atoms with E-state index in [1.54, 1.807) is 0 Å². The van der Waals surface area contributed by atoms with Crippen molar-refractivity contribution in [3.8, 4) is 0 Å². The second-order valence-corrected chi connectivity index (χ2v) is 16.2. The van der Waals surface area contributed by atoms with E-state index in [4.69, 9.17) is 4.55 Å². The Labute approximate surface area is 254 Å². The molecule has 3 rings (SSSR count). The van der Waals surface area contributed by atoms with Gasteiger partial charge in [0.05, 0.1) is 12.3 Å². The Morgan fingerprint density at radius 3 is 1.90 bits per heavy atom. The van der Waals surface area contributed by atoms with Gasteiger partial charge in [0.15, 0.2) is 10.0 Å². The first kappa shape index (κ1) is 40.4. The van der Waals surface area contributed by atoms with Crippen LogP contribution in [-0.2, 0) is 26.5 Å². The second-order valence-electron chi connectivity index (χ2n) is 9.63. The van der Waals surface area contributed by atoms with Crippen LogP contribution in [0.5, 0.6) is 0 Å². The van der Waals surface area contributed by atoms with Crippen LogP contribution in [0.3, 0.4) is 0 Å². The zero-order valence-corrected chi connectivity index (χ0v) is 28.8. The van der Waals surface area contributed by atoms with Gasteiger partial charge in [-0.25, -0.2) is 22.8 Å². The number of benzene rings is 2. The Morgan fingerprint density at radius 2 is 1.46 bits per heavy atom. The van der Waals surface area contributed by atoms with Gasteiger partial charge in [-0.15, -0.1) is 12.8 Å². The van der Waals surface area contributed by atoms with Crippen molar-refractivity contribution >= 4 is 36.8 Å². The van der Waals surface area contributed by atoms with Gasteiger partial charge in [0.2, 0.25) is 0 Å². The van der Waals surface area contributed by atoms with Gasteiger partial charge >= 0.3 is 0 Å². The minimum Gasteiger partial charge on any atom is -0.358 e. The predicted molar refractivity (Wildman–Crippen MR) is 179 cm³/mol. The van der Waals surface area contributed by atoms with Crippen molar-refractivity contribution in [2.24, 2.45) is 4.13 Å². The largest absolute Gasteiger partial charge is 0.358 e. The van der Waals surface area contributed by atoms with Gasteiger partial charge in [0, 0.05) is 28.8 Å². The molecule has 0 aromatic heterocycles. The van der Waals surface area contributed by atoms with Gasteiger partial charge in [0.1, 0.15) is 26.8 Å². The molecule has 0 saturated carbocycles. The molecule has 4 nitrogen and oxygen atoms in total. The molecule has 0 bridgehead atoms. The maximum Gasteiger partial charge on any atom is 0.192 e. The summed E-state index contributed by atoms with van der Waals surface area (Å²) in [6.07, 6.45) is 19.0. The van der Waals surface area contributed by atoms with Crippen LogP contribution in [0.2, 0.25) is 0 Å². The van der Waals surface area contributed by atoms with Crippen LogP contribution in [0.4, 0.5) is 0 Å². The van der Waals surface area contributed by atoms with Crippen LogP contribution in [0.15, 0.2) is 76.9 Å². The monoisotopic (exact) mass is 638 g/mol. The average molecular weight is 639 g/mol. The molecule has 1 aliphatic rings. The summed E-state index contributed by atoms with van der Waals surface area (Å²) in [5.74, 6) is 0. The van der Waals surface area contributed by atoms with E-state index >= 15 is 0 Å². The maximum absolute atomic E-state index is 11.0. The van der Waals surface area contributed by atoms with Crippen molar-refractivity contribution < 1.29 is 25.3 Å². The van der Waals surface area contributed by atoms with E-state index in [1.807, 2.05) is 0 Å². The first-order valence-electron chi connectivity index (χ1n) is 13.8. The average Bonchev–Trinajstić information content (AvgIpc) is 2.83. The molecule has 2 aromatic carbocycles. The summed E-state index contributed by atoms with van der Waals surface area (Å²) in [7, 11) is -4.60. The minimum atomic E-state index is -2.85. The van der Waals surface area contributed by atoms with Gasteiger partial charge in [-0.3, -0.25) is 4.55 Å². The Bertz CT molecular complexity index is 906. The van der Waals surface area contributed by atoms with Crippen molar-refractivity contribution in [3.05, 3.63) is 86.7 Å². The third kappa shape index (κ3) is 21.7. The van der Waals surface area contributed by atoms with Gasteiger partial charge in [-0.05, 0) is 51.0 Å². The molecule has 226 valence electrons. The quantitative estimate of drug-likeness (QED) is 0.165. The summed E-state index contributed by atoms with van der Waals surface area (Å²) in [6, 6.07) is 22.0. The first-order chi connectivity index (χ1) is 17.8. The zero-order chi connectivity index (χ0) is 27.4. The number of nitrogens with one attached hydrogen (secondary N) is 1. The summed E-state index contributed by atoms with van der Waals surface area (Å²) >= 11 is 0. The van der Waals surface area contributed by atoms with Crippen molar-refractivity contribution in [3.63, 3.8) is 0 Å². The summed E-state index contributed by atoms with van der Waals surface area (Å²) in [4.78, 5) is 0. The molecule has 1 atom stereocenters. The number of allylic oxidation sites excluding steroid dienone is 2. The molecule has 8 heteroatoms. The summed E-state index contributed by atoms with van der Waals surface area (Å²) in [5, 5.41) is 6.54. The minimum absolute atomic E-state index is 0. The number of hydrogen-bond acceptors (Lipinski definition) is 3. The molecule has 1 unspecified atom stereocenters. The second kappa shape index (κ2) is 25.0. The Balaban J connectivity index is 0. The number of rotatable bonds is 9. The van der Waals surface area contributed by atoms with Crippen molar-refractivity contribution in [1.82, 2.24) is 5.09 Å². The van der Waals surface area contributed by atoms with Crippen LogP contribution in [0.25, 0.3) is 0 Å². The fourth-order valence-electron chi connectivity index (χ4n) is 3.85. The van der Waals surface area contributed by atoms with Crippen molar-refractivity contribution in [1.29, 1.82) is 0 Å². The maximum atomic E-state index is 11.0. The summed E-state index contributed by atoms with van der Waals surface area (Å²) in [6.45, 7) is 8.59. The van der Waals surface area contributed by atoms with Crippen LogP contribution < -0.4 is 15.7 Å². The third-order valence-electron chi connectivity index (χ3n) is 5.45. The van der Waals surface area contributed by atoms with E-state index in [2.05, 4.69) is 116 Å². The number of hydrogen-bond donors (Lipinski definition) is 2. The van der Waals surface area contributed by atoms with E-state index in [9.17, 15) is 4.21 Å². The third-order valence-corrected chi connectivity index (χ3v) is 12.7. The molecule has 2 aromatic rings. The SMILES string of the molecule is C1=C/CCCCC[CH-]/1.CC(C)N[PH+](c1ccccc1)c1ccccc1.CCC[PH+](CCC)N=S(C)(=O)O.[CH3-].[Ni]. The van der Waals surface area contributed by atoms with Crippen LogP contribution >= 0.6 is 16.1 Å². The van der Waals surface area contributed by atoms with Crippen LogP contribution in [0.1, 0.15) is 72.6 Å². The molecule has 0 heterocycles. The van der Waals surface area contributed by atoms with E-state index in [0.29, 0.717) is 6.04 Å². The van der Waals surface area contributed by atoms with Gasteiger partial charge in [-0.2, -0.15) is 5.09 Å². The molecule has 1 aliphatic carbocycles. The van der Waals surface area contributed by atoms with Gasteiger partial charge in [0.25, 0.3) is 0 Å². The molecule has 0 radical (unpaired) electrons. The smallest absolute Gasteiger partial charge is 0.192 e. The topological polar surface area (TPSA) is 61.7 Å². The Kier molecular flexibility index (Phi) is 25.9. The Morgan fingerprint density at radius 1 is 0.949 bits per heavy atom. The first-order valence-corrected chi connectivity index (χ1v) is 19.0. The fourth-order valence-corrected chi connectivity index (χ4v) is 10.2. The zero-order valence-electron chi connectivity index (χ0n) is 25.0. The molecule has 0 saturated heterocycles. The standard InChI is InChI=1S/C15H18NP.C8H13.C7H18NO2PS.CH3.Ni/c1-13(2)16-17(14-9-5-3-6-10-14)15-11-7-4-8-12-15;1-2-4-6-8-7-5-3-1;1-4-6-11(7-5-2)8-12(3,9)10;;/h3-13,16H,1-2H3;1-3H,4-8H2;4-7H2,1-3H3,(H,8,9,10);1H3;/q;-1;;-1;/p+2/b;2-1+;;;. The Hall–Kier alpha value is -0.726. The molecular weight excluding hydrogens is 585 g/mol. The van der Waals surface area contributed by atoms with Crippen LogP contribution in [-0.4, -0.2) is 33.4 Å². The predicted octanol–water partition coefficient (Wildman–Crippen LogP) is 8.43. The summed E-state index contributed by atoms with van der Waals surface area (Å²) in [5.41, 5.74) is 0. The summed E-state index contributed by atoms with van der Waals surface area (Å²) < 4.78 is 24.0. The molecule has 0 spiro atoms. The normalized spacial score (nSPS) is 14.9. The molecule has 0 fully saturated rings. The molecule has 39 heavy (non-hydrogen) atoms. The number of nitrogens with zero attached hydrogens (tertiary/aromatic N) is 1. The van der Waals surface area contributed by atoms with E-state index in [-0.39, 0.29) is 23.9 Å². The van der Waals surface area contributed by atoms with Crippen molar-refractivity contribution in [2.45, 2.75) is 78.7 Å². The molecular formula is C31H54N2NiO2P2S. The van der Waals surface area contributed by atoms with Gasteiger partial charge in [-0.1, -0.05) is 73.6 Å². The van der Waals surface area contributed by atoms with E-state index < -0.39 is 26.2 Å².